The van der Waals surface area contributed by atoms with Crippen molar-refractivity contribution in [2.24, 2.45) is 11.8 Å². The van der Waals surface area contributed by atoms with Gasteiger partial charge in [-0.1, -0.05) is 40.0 Å². The summed E-state index contributed by atoms with van der Waals surface area (Å²) in [6.07, 6.45) is 6.49. The van der Waals surface area contributed by atoms with Crippen LogP contribution in [-0.2, 0) is 9.59 Å². The minimum absolute atomic E-state index is 0.0263. The number of imide groups is 1. The molecule has 0 bridgehead atoms. The van der Waals surface area contributed by atoms with Crippen molar-refractivity contribution in [2.75, 3.05) is 6.54 Å². The number of amides is 2. The summed E-state index contributed by atoms with van der Waals surface area (Å²) in [6, 6.07) is 0. The molecule has 3 heteroatoms. The molecule has 1 aliphatic heterocycles. The SMILES string of the molecule is CCCC(C)C(CCC)CC(=O)N1CCCC1=O. The summed E-state index contributed by atoms with van der Waals surface area (Å²) >= 11 is 0. The van der Waals surface area contributed by atoms with Gasteiger partial charge in [0.25, 0.3) is 0 Å². The van der Waals surface area contributed by atoms with E-state index in [0.717, 1.165) is 25.7 Å². The number of hydrogen-bond acceptors (Lipinski definition) is 2. The number of hydrogen-bond donors (Lipinski definition) is 0. The van der Waals surface area contributed by atoms with Gasteiger partial charge in [-0.05, 0) is 24.7 Å². The average molecular weight is 253 g/mol. The summed E-state index contributed by atoms with van der Waals surface area (Å²) in [5.41, 5.74) is 0. The van der Waals surface area contributed by atoms with Gasteiger partial charge in [0.1, 0.15) is 0 Å². The lowest BCUT2D eigenvalue weighted by atomic mass is 9.84. The van der Waals surface area contributed by atoms with Gasteiger partial charge in [-0.15, -0.1) is 0 Å². The molecule has 0 aromatic carbocycles. The van der Waals surface area contributed by atoms with Gasteiger partial charge in [0, 0.05) is 19.4 Å². The first-order valence-corrected chi connectivity index (χ1v) is 7.43. The van der Waals surface area contributed by atoms with Crippen molar-refractivity contribution in [3.05, 3.63) is 0 Å². The lowest BCUT2D eigenvalue weighted by molar-refractivity contribution is -0.142. The monoisotopic (exact) mass is 253 g/mol. The predicted octanol–water partition coefficient (Wildman–Crippen LogP) is 3.38. The van der Waals surface area contributed by atoms with Gasteiger partial charge >= 0.3 is 0 Å². The van der Waals surface area contributed by atoms with E-state index in [9.17, 15) is 9.59 Å². The molecule has 0 aliphatic carbocycles. The zero-order valence-electron chi connectivity index (χ0n) is 12.1. The molecule has 2 atom stereocenters. The lowest BCUT2D eigenvalue weighted by Gasteiger charge is -2.24. The number of rotatable bonds is 7. The molecule has 18 heavy (non-hydrogen) atoms. The van der Waals surface area contributed by atoms with Crippen LogP contribution in [0.3, 0.4) is 0 Å². The van der Waals surface area contributed by atoms with Crippen LogP contribution in [0.4, 0.5) is 0 Å². The van der Waals surface area contributed by atoms with Crippen LogP contribution in [0.5, 0.6) is 0 Å². The smallest absolute Gasteiger partial charge is 0.229 e. The first kappa shape index (κ1) is 15.2. The molecule has 0 saturated carbocycles. The minimum Gasteiger partial charge on any atom is -0.283 e. The van der Waals surface area contributed by atoms with E-state index in [4.69, 9.17) is 0 Å². The molecule has 1 heterocycles. The molecule has 0 aromatic heterocycles. The summed E-state index contributed by atoms with van der Waals surface area (Å²) in [5, 5.41) is 0. The molecule has 1 aliphatic rings. The zero-order chi connectivity index (χ0) is 13.5. The van der Waals surface area contributed by atoms with Crippen LogP contribution in [-0.4, -0.2) is 23.3 Å². The van der Waals surface area contributed by atoms with Crippen molar-refractivity contribution in [1.82, 2.24) is 4.90 Å². The maximum absolute atomic E-state index is 12.2. The van der Waals surface area contributed by atoms with Crippen LogP contribution in [0.1, 0.15) is 65.7 Å². The highest BCUT2D eigenvalue weighted by molar-refractivity contribution is 5.96. The average Bonchev–Trinajstić information content (AvgIpc) is 2.75. The van der Waals surface area contributed by atoms with Crippen LogP contribution in [0, 0.1) is 11.8 Å². The number of carbonyl (C=O) groups excluding carboxylic acids is 2. The summed E-state index contributed by atoms with van der Waals surface area (Å²) in [6.45, 7) is 7.23. The Hall–Kier alpha value is -0.860. The van der Waals surface area contributed by atoms with Crippen molar-refractivity contribution in [3.8, 4) is 0 Å². The summed E-state index contributed by atoms with van der Waals surface area (Å²) < 4.78 is 0. The van der Waals surface area contributed by atoms with Gasteiger partial charge in [-0.25, -0.2) is 0 Å². The van der Waals surface area contributed by atoms with Crippen molar-refractivity contribution in [2.45, 2.75) is 65.7 Å². The molecule has 2 amide bonds. The Morgan fingerprint density at radius 1 is 1.28 bits per heavy atom. The van der Waals surface area contributed by atoms with Gasteiger partial charge < -0.3 is 0 Å². The normalized spacial score (nSPS) is 19.1. The topological polar surface area (TPSA) is 37.4 Å². The second-order valence-corrected chi connectivity index (χ2v) is 5.56. The molecular formula is C15H27NO2. The first-order chi connectivity index (χ1) is 8.60. The molecule has 3 nitrogen and oxygen atoms in total. The van der Waals surface area contributed by atoms with Crippen molar-refractivity contribution < 1.29 is 9.59 Å². The Kier molecular flexibility index (Phi) is 6.37. The molecular weight excluding hydrogens is 226 g/mol. The van der Waals surface area contributed by atoms with Crippen molar-refractivity contribution in [3.63, 3.8) is 0 Å². The van der Waals surface area contributed by atoms with Gasteiger partial charge in [0.15, 0.2) is 0 Å². The number of nitrogens with zero attached hydrogens (tertiary/aromatic N) is 1. The molecule has 104 valence electrons. The van der Waals surface area contributed by atoms with E-state index in [0.29, 0.717) is 31.2 Å². The van der Waals surface area contributed by atoms with Crippen LogP contribution in [0.25, 0.3) is 0 Å². The van der Waals surface area contributed by atoms with Gasteiger partial charge in [0.2, 0.25) is 11.8 Å². The van der Waals surface area contributed by atoms with Crippen LogP contribution in [0.2, 0.25) is 0 Å². The van der Waals surface area contributed by atoms with Crippen molar-refractivity contribution >= 4 is 11.8 Å². The lowest BCUT2D eigenvalue weighted by Crippen LogP contribution is -2.34. The first-order valence-electron chi connectivity index (χ1n) is 7.43. The van der Waals surface area contributed by atoms with Crippen LogP contribution in [0.15, 0.2) is 0 Å². The molecule has 2 unspecified atom stereocenters. The number of carbonyl (C=O) groups is 2. The summed E-state index contributed by atoms with van der Waals surface area (Å²) in [5.74, 6) is 1.10. The fourth-order valence-electron chi connectivity index (χ4n) is 2.90. The molecule has 0 radical (unpaired) electrons. The zero-order valence-corrected chi connectivity index (χ0v) is 12.1. The fourth-order valence-corrected chi connectivity index (χ4v) is 2.90. The molecule has 1 saturated heterocycles. The highest BCUT2D eigenvalue weighted by Crippen LogP contribution is 2.26. The molecule has 0 spiro atoms. The quantitative estimate of drug-likeness (QED) is 0.697. The second-order valence-electron chi connectivity index (χ2n) is 5.56. The largest absolute Gasteiger partial charge is 0.283 e. The fraction of sp³-hybridized carbons (Fsp3) is 0.867. The van der Waals surface area contributed by atoms with E-state index >= 15 is 0 Å². The van der Waals surface area contributed by atoms with Crippen LogP contribution < -0.4 is 0 Å². The van der Waals surface area contributed by atoms with Crippen LogP contribution >= 0.6 is 0 Å². The minimum atomic E-state index is 0.0263. The number of likely N-dealkylation sites (tertiary alicyclic amines) is 1. The van der Waals surface area contributed by atoms with E-state index in [2.05, 4.69) is 20.8 Å². The third-order valence-corrected chi connectivity index (χ3v) is 4.02. The van der Waals surface area contributed by atoms with E-state index in [1.807, 2.05) is 0 Å². The Labute approximate surface area is 111 Å². The second kappa shape index (κ2) is 7.55. The van der Waals surface area contributed by atoms with E-state index in [1.54, 1.807) is 0 Å². The predicted molar refractivity (Wildman–Crippen MR) is 73.0 cm³/mol. The maximum Gasteiger partial charge on any atom is 0.229 e. The Bertz CT molecular complexity index is 288. The van der Waals surface area contributed by atoms with Gasteiger partial charge in [-0.2, -0.15) is 0 Å². The van der Waals surface area contributed by atoms with E-state index in [1.165, 1.54) is 11.3 Å². The molecule has 1 fully saturated rings. The Morgan fingerprint density at radius 3 is 2.44 bits per heavy atom. The third kappa shape index (κ3) is 4.11. The summed E-state index contributed by atoms with van der Waals surface area (Å²) in [4.78, 5) is 25.2. The third-order valence-electron chi connectivity index (χ3n) is 4.02. The Morgan fingerprint density at radius 2 is 1.94 bits per heavy atom. The van der Waals surface area contributed by atoms with Crippen molar-refractivity contribution in [1.29, 1.82) is 0 Å². The van der Waals surface area contributed by atoms with Gasteiger partial charge in [-0.3, -0.25) is 14.5 Å². The standard InChI is InChI=1S/C15H27NO2/c1-4-7-12(3)13(8-5-2)11-15(18)16-10-6-9-14(16)17/h12-13H,4-11H2,1-3H3. The molecule has 0 N–H and O–H groups in total. The molecule has 0 aromatic rings. The highest BCUT2D eigenvalue weighted by Gasteiger charge is 2.29. The maximum atomic E-state index is 12.2. The highest BCUT2D eigenvalue weighted by atomic mass is 16.2. The summed E-state index contributed by atoms with van der Waals surface area (Å²) in [7, 11) is 0. The molecule has 1 rings (SSSR count). The van der Waals surface area contributed by atoms with Gasteiger partial charge in [0.05, 0.1) is 0 Å². The Balaban J connectivity index is 2.54. The van der Waals surface area contributed by atoms with E-state index in [-0.39, 0.29) is 11.8 Å². The van der Waals surface area contributed by atoms with E-state index < -0.39 is 0 Å².